The lowest BCUT2D eigenvalue weighted by atomic mass is 10.2. The van der Waals surface area contributed by atoms with Crippen molar-refractivity contribution in [1.82, 2.24) is 9.38 Å². The van der Waals surface area contributed by atoms with Crippen LogP contribution < -0.4 is 10.9 Å². The average Bonchev–Trinajstić information content (AvgIpc) is 2.47. The first-order valence-corrected chi connectivity index (χ1v) is 7.11. The van der Waals surface area contributed by atoms with Gasteiger partial charge >= 0.3 is 0 Å². The predicted octanol–water partition coefficient (Wildman–Crippen LogP) is 2.89. The lowest BCUT2D eigenvalue weighted by molar-refractivity contribution is 0.280. The summed E-state index contributed by atoms with van der Waals surface area (Å²) in [5.41, 5.74) is 2.19. The smallest absolute Gasteiger partial charge is 0.265 e. The van der Waals surface area contributed by atoms with Crippen LogP contribution in [-0.4, -0.2) is 14.5 Å². The van der Waals surface area contributed by atoms with Crippen LogP contribution in [0.25, 0.3) is 5.65 Å². The van der Waals surface area contributed by atoms with Crippen molar-refractivity contribution in [1.29, 1.82) is 0 Å². The number of nitrogens with zero attached hydrogens (tertiary/aromatic N) is 2. The summed E-state index contributed by atoms with van der Waals surface area (Å²) < 4.78 is 1.36. The molecule has 5 nitrogen and oxygen atoms in total. The minimum atomic E-state index is -0.397. The summed E-state index contributed by atoms with van der Waals surface area (Å²) in [6, 6.07) is 10.9. The van der Waals surface area contributed by atoms with Gasteiger partial charge in [0.15, 0.2) is 0 Å². The number of hydrogen-bond acceptors (Lipinski definition) is 4. The maximum atomic E-state index is 12.4. The number of rotatable bonds is 3. The second-order valence-corrected chi connectivity index (χ2v) is 5.41. The lowest BCUT2D eigenvalue weighted by Gasteiger charge is -2.12. The van der Waals surface area contributed by atoms with Gasteiger partial charge in [-0.25, -0.2) is 4.98 Å². The summed E-state index contributed by atoms with van der Waals surface area (Å²) in [7, 11) is 0. The molecule has 0 atom stereocenters. The van der Waals surface area contributed by atoms with Crippen molar-refractivity contribution in [3.05, 3.63) is 69.1 Å². The van der Waals surface area contributed by atoms with Crippen LogP contribution in [0.4, 0.5) is 11.5 Å². The number of halogens is 1. The van der Waals surface area contributed by atoms with Gasteiger partial charge < -0.3 is 10.4 Å². The SMILES string of the molecule is Cc1cccc(Nc2nc3cc(Cl)ccn3c(=O)c2CO)c1. The number of anilines is 2. The molecular weight excluding hydrogens is 302 g/mol. The molecule has 0 aliphatic carbocycles. The Balaban J connectivity index is 2.17. The van der Waals surface area contributed by atoms with Gasteiger partial charge in [-0.2, -0.15) is 0 Å². The number of aliphatic hydroxyl groups excluding tert-OH is 1. The third-order valence-corrected chi connectivity index (χ3v) is 3.56. The molecule has 1 aromatic carbocycles. The van der Waals surface area contributed by atoms with Crippen molar-refractivity contribution >= 4 is 28.8 Å². The normalized spacial score (nSPS) is 10.9. The molecule has 0 unspecified atom stereocenters. The maximum Gasteiger partial charge on any atom is 0.265 e. The Bertz CT molecular complexity index is 906. The Labute approximate surface area is 131 Å². The van der Waals surface area contributed by atoms with Gasteiger partial charge in [0.05, 0.1) is 12.2 Å². The molecule has 0 aliphatic heterocycles. The summed E-state index contributed by atoms with van der Waals surface area (Å²) in [6.45, 7) is 1.58. The van der Waals surface area contributed by atoms with Crippen LogP contribution >= 0.6 is 11.6 Å². The van der Waals surface area contributed by atoms with E-state index in [4.69, 9.17) is 11.6 Å². The summed E-state index contributed by atoms with van der Waals surface area (Å²) in [4.78, 5) is 16.8. The van der Waals surface area contributed by atoms with E-state index >= 15 is 0 Å². The van der Waals surface area contributed by atoms with Crippen LogP contribution in [0.1, 0.15) is 11.1 Å². The predicted molar refractivity (Wildman–Crippen MR) is 86.9 cm³/mol. The second-order valence-electron chi connectivity index (χ2n) is 4.97. The molecule has 0 bridgehead atoms. The van der Waals surface area contributed by atoms with Crippen molar-refractivity contribution in [2.75, 3.05) is 5.32 Å². The highest BCUT2D eigenvalue weighted by molar-refractivity contribution is 6.30. The van der Waals surface area contributed by atoms with E-state index in [0.29, 0.717) is 16.5 Å². The number of aromatic nitrogens is 2. The van der Waals surface area contributed by atoms with Crippen LogP contribution in [0.5, 0.6) is 0 Å². The highest BCUT2D eigenvalue weighted by Crippen LogP contribution is 2.19. The number of hydrogen-bond donors (Lipinski definition) is 2. The number of nitrogens with one attached hydrogen (secondary N) is 1. The first kappa shape index (κ1) is 14.6. The zero-order chi connectivity index (χ0) is 15.7. The van der Waals surface area contributed by atoms with E-state index in [1.54, 1.807) is 18.3 Å². The van der Waals surface area contributed by atoms with Crippen LogP contribution in [-0.2, 0) is 6.61 Å². The summed E-state index contributed by atoms with van der Waals surface area (Å²) in [5, 5.41) is 13.1. The van der Waals surface area contributed by atoms with E-state index in [1.807, 2.05) is 31.2 Å². The molecule has 112 valence electrons. The monoisotopic (exact) mass is 315 g/mol. The number of aliphatic hydroxyl groups is 1. The van der Waals surface area contributed by atoms with Crippen LogP contribution in [0.15, 0.2) is 47.4 Å². The van der Waals surface area contributed by atoms with Gasteiger partial charge in [0, 0.05) is 23.0 Å². The van der Waals surface area contributed by atoms with Crippen molar-refractivity contribution < 1.29 is 5.11 Å². The van der Waals surface area contributed by atoms with E-state index in [1.165, 1.54) is 4.40 Å². The van der Waals surface area contributed by atoms with E-state index < -0.39 is 6.61 Å². The Morgan fingerprint density at radius 1 is 1.32 bits per heavy atom. The van der Waals surface area contributed by atoms with E-state index in [9.17, 15) is 9.90 Å². The molecule has 3 aromatic rings. The third kappa shape index (κ3) is 2.68. The van der Waals surface area contributed by atoms with Gasteiger partial charge in [-0.05, 0) is 30.7 Å². The fourth-order valence-corrected chi connectivity index (χ4v) is 2.41. The minimum absolute atomic E-state index is 0.210. The van der Waals surface area contributed by atoms with Gasteiger partial charge in [-0.15, -0.1) is 0 Å². The molecule has 2 aromatic heterocycles. The topological polar surface area (TPSA) is 66.6 Å². The molecule has 0 fully saturated rings. The fourth-order valence-electron chi connectivity index (χ4n) is 2.26. The maximum absolute atomic E-state index is 12.4. The second kappa shape index (κ2) is 5.79. The highest BCUT2D eigenvalue weighted by Gasteiger charge is 2.12. The third-order valence-electron chi connectivity index (χ3n) is 3.32. The quantitative estimate of drug-likeness (QED) is 0.780. The molecule has 0 saturated carbocycles. The van der Waals surface area contributed by atoms with Gasteiger partial charge in [-0.1, -0.05) is 23.7 Å². The van der Waals surface area contributed by atoms with Crippen molar-refractivity contribution in [3.8, 4) is 0 Å². The van der Waals surface area contributed by atoms with Gasteiger partial charge in [0.25, 0.3) is 5.56 Å². The van der Waals surface area contributed by atoms with Gasteiger partial charge in [0.1, 0.15) is 11.5 Å². The number of pyridine rings is 1. The van der Waals surface area contributed by atoms with Crippen LogP contribution in [0.2, 0.25) is 5.02 Å². The van der Waals surface area contributed by atoms with Crippen molar-refractivity contribution in [2.45, 2.75) is 13.5 Å². The molecule has 3 rings (SSSR count). The molecule has 6 heteroatoms. The minimum Gasteiger partial charge on any atom is -0.391 e. The zero-order valence-electron chi connectivity index (χ0n) is 11.9. The van der Waals surface area contributed by atoms with E-state index in [-0.39, 0.29) is 11.1 Å². The largest absolute Gasteiger partial charge is 0.391 e. The zero-order valence-corrected chi connectivity index (χ0v) is 12.6. The molecule has 0 saturated heterocycles. The average molecular weight is 316 g/mol. The number of aryl methyl sites for hydroxylation is 1. The Morgan fingerprint density at radius 2 is 2.14 bits per heavy atom. The van der Waals surface area contributed by atoms with Gasteiger partial charge in [0.2, 0.25) is 0 Å². The number of fused-ring (bicyclic) bond motifs is 1. The molecule has 0 radical (unpaired) electrons. The van der Waals surface area contributed by atoms with Crippen LogP contribution in [0.3, 0.4) is 0 Å². The summed E-state index contributed by atoms with van der Waals surface area (Å²) >= 11 is 5.95. The fraction of sp³-hybridized carbons (Fsp3) is 0.125. The lowest BCUT2D eigenvalue weighted by Crippen LogP contribution is -2.21. The first-order chi connectivity index (χ1) is 10.6. The summed E-state index contributed by atoms with van der Waals surface area (Å²) in [5.74, 6) is 0.334. The molecule has 0 amide bonds. The van der Waals surface area contributed by atoms with Gasteiger partial charge in [-0.3, -0.25) is 9.20 Å². The van der Waals surface area contributed by atoms with Crippen LogP contribution in [0, 0.1) is 6.92 Å². The Morgan fingerprint density at radius 3 is 2.86 bits per heavy atom. The highest BCUT2D eigenvalue weighted by atomic mass is 35.5. The molecule has 0 aliphatic rings. The first-order valence-electron chi connectivity index (χ1n) is 6.74. The van der Waals surface area contributed by atoms with Crippen molar-refractivity contribution in [3.63, 3.8) is 0 Å². The van der Waals surface area contributed by atoms with E-state index in [2.05, 4.69) is 10.3 Å². The number of benzene rings is 1. The Kier molecular flexibility index (Phi) is 3.83. The molecule has 22 heavy (non-hydrogen) atoms. The molecular formula is C16H14ClN3O2. The molecule has 2 N–H and O–H groups in total. The standard InChI is InChI=1S/C16H14ClN3O2/c1-10-3-2-4-12(7-10)18-15-13(9-21)16(22)20-6-5-11(17)8-14(20)19-15/h2-8,18,21H,9H2,1H3. The Hall–Kier alpha value is -2.37. The molecule has 0 spiro atoms. The molecule has 2 heterocycles. The van der Waals surface area contributed by atoms with Crippen molar-refractivity contribution in [2.24, 2.45) is 0 Å². The summed E-state index contributed by atoms with van der Waals surface area (Å²) in [6.07, 6.45) is 1.54. The van der Waals surface area contributed by atoms with E-state index in [0.717, 1.165) is 11.3 Å².